The lowest BCUT2D eigenvalue weighted by Crippen LogP contribution is -2.41. The summed E-state index contributed by atoms with van der Waals surface area (Å²) in [5, 5.41) is 3.30. The number of aromatic nitrogens is 4. The summed E-state index contributed by atoms with van der Waals surface area (Å²) >= 11 is 12.0. The van der Waals surface area contributed by atoms with Gasteiger partial charge in [0.15, 0.2) is 10.8 Å². The first-order chi connectivity index (χ1) is 11.7. The zero-order valence-corrected chi connectivity index (χ0v) is 15.9. The van der Waals surface area contributed by atoms with Gasteiger partial charge in [0.05, 0.1) is 6.33 Å². The maximum Gasteiger partial charge on any atom is 0.407 e. The number of rotatable bonds is 2. The minimum atomic E-state index is -0.511. The molecule has 2 aromatic heterocycles. The molecule has 9 heteroatoms. The van der Waals surface area contributed by atoms with Gasteiger partial charge in [0.25, 0.3) is 0 Å². The molecule has 136 valence electrons. The number of fused-ring (bicyclic) bond motifs is 1. The van der Waals surface area contributed by atoms with Crippen LogP contribution in [0.1, 0.15) is 52.5 Å². The van der Waals surface area contributed by atoms with Crippen molar-refractivity contribution in [1.29, 1.82) is 0 Å². The summed E-state index contributed by atoms with van der Waals surface area (Å²) in [6, 6.07) is 0.194. The quantitative estimate of drug-likeness (QED) is 0.620. The van der Waals surface area contributed by atoms with Gasteiger partial charge in [-0.15, -0.1) is 0 Å². The lowest BCUT2D eigenvalue weighted by atomic mass is 9.91. The Morgan fingerprint density at radius 3 is 2.80 bits per heavy atom. The molecule has 7 nitrogen and oxygen atoms in total. The van der Waals surface area contributed by atoms with Gasteiger partial charge < -0.3 is 14.6 Å². The number of hydrogen-bond donors (Lipinski definition) is 1. The summed E-state index contributed by atoms with van der Waals surface area (Å²) in [6.45, 7) is 5.54. The average Bonchev–Trinajstić information content (AvgIpc) is 2.89. The molecule has 0 spiro atoms. The Bertz CT molecular complexity index is 787. The smallest absolute Gasteiger partial charge is 0.407 e. The second-order valence-corrected chi connectivity index (χ2v) is 7.97. The van der Waals surface area contributed by atoms with Crippen LogP contribution in [0.3, 0.4) is 0 Å². The average molecular weight is 386 g/mol. The fourth-order valence-electron chi connectivity index (χ4n) is 3.15. The van der Waals surface area contributed by atoms with Gasteiger partial charge in [0.1, 0.15) is 11.1 Å². The highest BCUT2D eigenvalue weighted by molar-refractivity contribution is 6.35. The van der Waals surface area contributed by atoms with Crippen molar-refractivity contribution in [2.24, 2.45) is 0 Å². The number of halogens is 2. The van der Waals surface area contributed by atoms with E-state index in [9.17, 15) is 4.79 Å². The third-order valence-electron chi connectivity index (χ3n) is 4.11. The summed E-state index contributed by atoms with van der Waals surface area (Å²) < 4.78 is 7.31. The monoisotopic (exact) mass is 385 g/mol. The molecule has 1 saturated carbocycles. The minimum Gasteiger partial charge on any atom is -0.444 e. The predicted molar refractivity (Wildman–Crippen MR) is 96.0 cm³/mol. The SMILES string of the molecule is CC(C)(C)OC(=O)NC1CCCC(n2cnc3c(Cl)nc(Cl)nc32)C1. The summed E-state index contributed by atoms with van der Waals surface area (Å²) in [6.07, 6.45) is 4.96. The second-order valence-electron chi connectivity index (χ2n) is 7.27. The van der Waals surface area contributed by atoms with E-state index >= 15 is 0 Å². The molecule has 1 aliphatic carbocycles. The lowest BCUT2D eigenvalue weighted by Gasteiger charge is -2.31. The number of amides is 1. The van der Waals surface area contributed by atoms with E-state index in [1.54, 1.807) is 6.33 Å². The van der Waals surface area contributed by atoms with Crippen molar-refractivity contribution in [2.75, 3.05) is 0 Å². The molecule has 1 aliphatic rings. The lowest BCUT2D eigenvalue weighted by molar-refractivity contribution is 0.0486. The molecule has 1 N–H and O–H groups in total. The molecule has 25 heavy (non-hydrogen) atoms. The highest BCUT2D eigenvalue weighted by Gasteiger charge is 2.28. The Morgan fingerprint density at radius 1 is 1.32 bits per heavy atom. The number of carbonyl (C=O) groups is 1. The number of alkyl carbamates (subject to hydrolysis) is 1. The Balaban J connectivity index is 1.75. The van der Waals surface area contributed by atoms with Crippen LogP contribution in [0.4, 0.5) is 4.79 Å². The van der Waals surface area contributed by atoms with Crippen molar-refractivity contribution >= 4 is 40.5 Å². The molecule has 0 aliphatic heterocycles. The van der Waals surface area contributed by atoms with Crippen molar-refractivity contribution in [1.82, 2.24) is 24.8 Å². The topological polar surface area (TPSA) is 81.9 Å². The molecule has 2 aromatic rings. The molecule has 0 bridgehead atoms. The third-order valence-corrected chi connectivity index (χ3v) is 4.54. The third kappa shape index (κ3) is 4.33. The molecular formula is C16H21Cl2N5O2. The molecule has 1 fully saturated rings. The minimum absolute atomic E-state index is 0.0406. The van der Waals surface area contributed by atoms with Crippen molar-refractivity contribution in [2.45, 2.75) is 64.1 Å². The fourth-order valence-corrected chi connectivity index (χ4v) is 3.57. The maximum atomic E-state index is 12.0. The van der Waals surface area contributed by atoms with E-state index in [0.717, 1.165) is 25.7 Å². The molecule has 3 rings (SSSR count). The van der Waals surface area contributed by atoms with Crippen LogP contribution in [0, 0.1) is 0 Å². The van der Waals surface area contributed by atoms with Crippen molar-refractivity contribution < 1.29 is 9.53 Å². The van der Waals surface area contributed by atoms with Gasteiger partial charge in [-0.2, -0.15) is 4.98 Å². The van der Waals surface area contributed by atoms with E-state index in [0.29, 0.717) is 11.2 Å². The van der Waals surface area contributed by atoms with E-state index in [1.165, 1.54) is 0 Å². The van der Waals surface area contributed by atoms with Gasteiger partial charge in [-0.3, -0.25) is 0 Å². The Morgan fingerprint density at radius 2 is 2.08 bits per heavy atom. The van der Waals surface area contributed by atoms with E-state index in [2.05, 4.69) is 20.3 Å². The molecular weight excluding hydrogens is 365 g/mol. The first-order valence-corrected chi connectivity index (χ1v) is 9.03. The summed E-state index contributed by atoms with van der Waals surface area (Å²) in [5.41, 5.74) is 0.643. The molecule has 1 amide bonds. The summed E-state index contributed by atoms with van der Waals surface area (Å²) in [7, 11) is 0. The van der Waals surface area contributed by atoms with Crippen LogP contribution >= 0.6 is 23.2 Å². The molecule has 0 saturated heterocycles. The molecule has 0 radical (unpaired) electrons. The fraction of sp³-hybridized carbons (Fsp3) is 0.625. The van der Waals surface area contributed by atoms with Crippen LogP contribution in [-0.2, 0) is 4.74 Å². The van der Waals surface area contributed by atoms with Gasteiger partial charge >= 0.3 is 6.09 Å². The van der Waals surface area contributed by atoms with Crippen LogP contribution in [0.5, 0.6) is 0 Å². The van der Waals surface area contributed by atoms with Gasteiger partial charge in [-0.25, -0.2) is 14.8 Å². The number of imidazole rings is 1. The standard InChI is InChI=1S/C16H21Cl2N5O2/c1-16(2,3)25-15(24)20-9-5-4-6-10(7-9)23-8-19-11-12(17)21-14(18)22-13(11)23/h8-10H,4-7H2,1-3H3,(H,20,24). The van der Waals surface area contributed by atoms with Gasteiger partial charge in [-0.1, -0.05) is 11.6 Å². The number of ether oxygens (including phenoxy) is 1. The van der Waals surface area contributed by atoms with E-state index in [4.69, 9.17) is 27.9 Å². The first kappa shape index (κ1) is 18.2. The van der Waals surface area contributed by atoms with E-state index in [-0.39, 0.29) is 28.6 Å². The van der Waals surface area contributed by atoms with Crippen LogP contribution in [0.15, 0.2) is 6.33 Å². The summed E-state index contributed by atoms with van der Waals surface area (Å²) in [5.74, 6) is 0. The van der Waals surface area contributed by atoms with Gasteiger partial charge in [0, 0.05) is 12.1 Å². The molecule has 2 heterocycles. The second kappa shape index (κ2) is 6.96. The largest absolute Gasteiger partial charge is 0.444 e. The number of nitrogens with zero attached hydrogens (tertiary/aromatic N) is 4. The Kier molecular flexibility index (Phi) is 5.06. The molecule has 2 unspecified atom stereocenters. The maximum absolute atomic E-state index is 12.0. The van der Waals surface area contributed by atoms with Crippen LogP contribution < -0.4 is 5.32 Å². The van der Waals surface area contributed by atoms with E-state index < -0.39 is 5.60 Å². The van der Waals surface area contributed by atoms with Crippen molar-refractivity contribution in [3.05, 3.63) is 16.8 Å². The predicted octanol–water partition coefficient (Wildman–Crippen LogP) is 4.14. The number of nitrogens with one attached hydrogen (secondary N) is 1. The van der Waals surface area contributed by atoms with Crippen LogP contribution in [0.2, 0.25) is 10.4 Å². The van der Waals surface area contributed by atoms with Crippen molar-refractivity contribution in [3.63, 3.8) is 0 Å². The van der Waals surface area contributed by atoms with Crippen LogP contribution in [0.25, 0.3) is 11.2 Å². The number of carbonyl (C=O) groups excluding carboxylic acids is 1. The summed E-state index contributed by atoms with van der Waals surface area (Å²) in [4.78, 5) is 24.5. The number of hydrogen-bond acceptors (Lipinski definition) is 5. The molecule has 0 aromatic carbocycles. The normalized spacial score (nSPS) is 21.3. The molecule has 2 atom stereocenters. The van der Waals surface area contributed by atoms with Gasteiger partial charge in [-0.05, 0) is 58.1 Å². The first-order valence-electron chi connectivity index (χ1n) is 8.28. The highest BCUT2D eigenvalue weighted by Crippen LogP contribution is 2.32. The van der Waals surface area contributed by atoms with Gasteiger partial charge in [0.2, 0.25) is 5.28 Å². The Labute approximate surface area is 156 Å². The Hall–Kier alpha value is -1.60. The van der Waals surface area contributed by atoms with E-state index in [1.807, 2.05) is 25.3 Å². The van der Waals surface area contributed by atoms with Crippen molar-refractivity contribution in [3.8, 4) is 0 Å². The zero-order chi connectivity index (χ0) is 18.2. The van der Waals surface area contributed by atoms with Crippen LogP contribution in [-0.4, -0.2) is 37.3 Å². The highest BCUT2D eigenvalue weighted by atomic mass is 35.5. The zero-order valence-electron chi connectivity index (χ0n) is 14.4.